The smallest absolute Gasteiger partial charge is 0.254 e. The fourth-order valence-electron chi connectivity index (χ4n) is 1.91. The highest BCUT2D eigenvalue weighted by Crippen LogP contribution is 2.20. The molecule has 0 aliphatic rings. The Kier molecular flexibility index (Phi) is 3.87. The van der Waals surface area contributed by atoms with Crippen LogP contribution >= 0.6 is 11.8 Å². The van der Waals surface area contributed by atoms with Crippen LogP contribution in [0.3, 0.4) is 0 Å². The van der Waals surface area contributed by atoms with Gasteiger partial charge in [-0.25, -0.2) is 4.98 Å². The molecule has 0 aliphatic heterocycles. The number of thioether (sulfide) groups is 1. The number of nitrogens with zero attached hydrogens (tertiary/aromatic N) is 1. The van der Waals surface area contributed by atoms with E-state index >= 15 is 0 Å². The number of H-pyrrole nitrogens is 1. The molecule has 0 saturated heterocycles. The van der Waals surface area contributed by atoms with E-state index in [-0.39, 0.29) is 5.56 Å². The normalized spacial score (nSPS) is 10.6. The van der Waals surface area contributed by atoms with Crippen molar-refractivity contribution in [1.82, 2.24) is 9.97 Å². The molecule has 4 heteroatoms. The lowest BCUT2D eigenvalue weighted by Crippen LogP contribution is -2.16. The van der Waals surface area contributed by atoms with Crippen LogP contribution in [0, 0.1) is 6.92 Å². The van der Waals surface area contributed by atoms with Crippen molar-refractivity contribution in [3.8, 4) is 11.4 Å². The zero-order valence-electron chi connectivity index (χ0n) is 10.8. The Labute approximate surface area is 111 Å². The minimum atomic E-state index is -0.0334. The largest absolute Gasteiger partial charge is 0.306 e. The van der Waals surface area contributed by atoms with Gasteiger partial charge in [-0.1, -0.05) is 19.1 Å². The van der Waals surface area contributed by atoms with Crippen LogP contribution in [0.15, 0.2) is 34.0 Å². The molecule has 0 radical (unpaired) electrons. The van der Waals surface area contributed by atoms with Crippen LogP contribution in [0.1, 0.15) is 18.2 Å². The van der Waals surface area contributed by atoms with Crippen molar-refractivity contribution in [2.24, 2.45) is 0 Å². The van der Waals surface area contributed by atoms with E-state index in [0.29, 0.717) is 12.2 Å². The average molecular weight is 260 g/mol. The monoisotopic (exact) mass is 260 g/mol. The lowest BCUT2D eigenvalue weighted by molar-refractivity contribution is 0.967. The number of aryl methyl sites for hydroxylation is 1. The van der Waals surface area contributed by atoms with Gasteiger partial charge in [0.2, 0.25) is 0 Å². The fraction of sp³-hybridized carbons (Fsp3) is 0.286. The van der Waals surface area contributed by atoms with E-state index in [1.807, 2.05) is 44.4 Å². The van der Waals surface area contributed by atoms with Gasteiger partial charge in [0.05, 0.1) is 0 Å². The summed E-state index contributed by atoms with van der Waals surface area (Å²) in [6.45, 7) is 3.85. The maximum atomic E-state index is 11.9. The molecule has 0 bridgehead atoms. The number of rotatable bonds is 3. The van der Waals surface area contributed by atoms with Gasteiger partial charge in [-0.05, 0) is 31.7 Å². The van der Waals surface area contributed by atoms with Gasteiger partial charge < -0.3 is 4.98 Å². The molecular weight excluding hydrogens is 244 g/mol. The second kappa shape index (κ2) is 5.40. The van der Waals surface area contributed by atoms with Crippen LogP contribution in [0.4, 0.5) is 0 Å². The van der Waals surface area contributed by atoms with E-state index in [1.54, 1.807) is 11.8 Å². The molecule has 0 aliphatic carbocycles. The van der Waals surface area contributed by atoms with Gasteiger partial charge in [0.25, 0.3) is 5.56 Å². The van der Waals surface area contributed by atoms with Crippen molar-refractivity contribution < 1.29 is 0 Å². The van der Waals surface area contributed by atoms with E-state index in [2.05, 4.69) is 9.97 Å². The second-order valence-corrected chi connectivity index (χ2v) is 4.94. The van der Waals surface area contributed by atoms with Gasteiger partial charge in [0, 0.05) is 21.7 Å². The van der Waals surface area contributed by atoms with Crippen molar-refractivity contribution >= 4 is 11.8 Å². The van der Waals surface area contributed by atoms with Gasteiger partial charge in [0.1, 0.15) is 5.82 Å². The lowest BCUT2D eigenvalue weighted by atomic mass is 10.1. The third-order valence-corrected chi connectivity index (χ3v) is 3.68. The average Bonchev–Trinajstić information content (AvgIpc) is 2.38. The Bertz CT molecular complexity index is 602. The SMILES string of the molecule is CCc1c(C)nc(-c2ccc(SC)cc2)[nH]c1=O. The first kappa shape index (κ1) is 12.9. The summed E-state index contributed by atoms with van der Waals surface area (Å²) in [5.74, 6) is 0.641. The minimum Gasteiger partial charge on any atom is -0.306 e. The first-order valence-electron chi connectivity index (χ1n) is 5.90. The molecule has 1 N–H and O–H groups in total. The molecule has 94 valence electrons. The molecule has 0 atom stereocenters. The highest BCUT2D eigenvalue weighted by Gasteiger charge is 2.07. The molecule has 0 fully saturated rings. The van der Waals surface area contributed by atoms with Gasteiger partial charge >= 0.3 is 0 Å². The molecule has 0 saturated carbocycles. The molecule has 0 unspecified atom stereocenters. The standard InChI is InChI=1S/C14H16N2OS/c1-4-12-9(2)15-13(16-14(12)17)10-5-7-11(18-3)8-6-10/h5-8H,4H2,1-3H3,(H,15,16,17). The molecule has 2 rings (SSSR count). The Morgan fingerprint density at radius 3 is 2.44 bits per heavy atom. The number of aromatic amines is 1. The van der Waals surface area contributed by atoms with Crippen molar-refractivity contribution in [3.05, 3.63) is 45.9 Å². The third-order valence-electron chi connectivity index (χ3n) is 2.94. The van der Waals surface area contributed by atoms with E-state index in [0.717, 1.165) is 16.8 Å². The first-order valence-corrected chi connectivity index (χ1v) is 7.12. The maximum Gasteiger partial charge on any atom is 0.254 e. The summed E-state index contributed by atoms with van der Waals surface area (Å²) < 4.78 is 0. The zero-order valence-corrected chi connectivity index (χ0v) is 11.6. The summed E-state index contributed by atoms with van der Waals surface area (Å²) in [6.07, 6.45) is 2.75. The van der Waals surface area contributed by atoms with Crippen molar-refractivity contribution in [2.75, 3.05) is 6.26 Å². The predicted octanol–water partition coefficient (Wildman–Crippen LogP) is 3.03. The lowest BCUT2D eigenvalue weighted by Gasteiger charge is -2.06. The summed E-state index contributed by atoms with van der Waals surface area (Å²) in [5.41, 5.74) is 2.48. The number of benzene rings is 1. The van der Waals surface area contributed by atoms with Crippen LogP contribution in [0.25, 0.3) is 11.4 Å². The summed E-state index contributed by atoms with van der Waals surface area (Å²) in [7, 11) is 0. The van der Waals surface area contributed by atoms with Gasteiger partial charge in [-0.3, -0.25) is 4.79 Å². The van der Waals surface area contributed by atoms with E-state index in [1.165, 1.54) is 4.90 Å². The van der Waals surface area contributed by atoms with Gasteiger partial charge in [-0.2, -0.15) is 0 Å². The number of nitrogens with one attached hydrogen (secondary N) is 1. The molecule has 2 aromatic rings. The van der Waals surface area contributed by atoms with E-state index in [4.69, 9.17) is 0 Å². The van der Waals surface area contributed by atoms with Crippen LogP contribution in [0.5, 0.6) is 0 Å². The molecule has 3 nitrogen and oxygen atoms in total. The van der Waals surface area contributed by atoms with Crippen LogP contribution in [-0.4, -0.2) is 16.2 Å². The minimum absolute atomic E-state index is 0.0334. The second-order valence-electron chi connectivity index (χ2n) is 4.06. The van der Waals surface area contributed by atoms with Crippen molar-refractivity contribution in [2.45, 2.75) is 25.2 Å². The Balaban J connectivity index is 2.47. The molecule has 1 heterocycles. The van der Waals surface area contributed by atoms with Crippen molar-refractivity contribution in [1.29, 1.82) is 0 Å². The van der Waals surface area contributed by atoms with Crippen molar-refractivity contribution in [3.63, 3.8) is 0 Å². The molecule has 1 aromatic carbocycles. The fourth-order valence-corrected chi connectivity index (χ4v) is 2.32. The molecular formula is C14H16N2OS. The quantitative estimate of drug-likeness (QED) is 0.863. The summed E-state index contributed by atoms with van der Waals surface area (Å²) in [4.78, 5) is 20.4. The number of hydrogen-bond acceptors (Lipinski definition) is 3. The third kappa shape index (κ3) is 2.48. The Morgan fingerprint density at radius 2 is 1.94 bits per heavy atom. The summed E-state index contributed by atoms with van der Waals surface area (Å²) >= 11 is 1.69. The maximum absolute atomic E-state index is 11.9. The van der Waals surface area contributed by atoms with E-state index in [9.17, 15) is 4.79 Å². The molecule has 0 spiro atoms. The number of hydrogen-bond donors (Lipinski definition) is 1. The highest BCUT2D eigenvalue weighted by atomic mass is 32.2. The Hall–Kier alpha value is -1.55. The Morgan fingerprint density at radius 1 is 1.28 bits per heavy atom. The van der Waals surface area contributed by atoms with E-state index < -0.39 is 0 Å². The summed E-state index contributed by atoms with van der Waals surface area (Å²) in [5, 5.41) is 0. The van der Waals surface area contributed by atoms with Gasteiger partial charge in [0.15, 0.2) is 0 Å². The molecule has 0 amide bonds. The van der Waals surface area contributed by atoms with Crippen LogP contribution in [0.2, 0.25) is 0 Å². The topological polar surface area (TPSA) is 45.8 Å². The summed E-state index contributed by atoms with van der Waals surface area (Å²) in [6, 6.07) is 8.02. The number of aromatic nitrogens is 2. The molecule has 18 heavy (non-hydrogen) atoms. The first-order chi connectivity index (χ1) is 8.65. The van der Waals surface area contributed by atoms with Gasteiger partial charge in [-0.15, -0.1) is 11.8 Å². The predicted molar refractivity (Wildman–Crippen MR) is 76.2 cm³/mol. The van der Waals surface area contributed by atoms with Crippen LogP contribution in [-0.2, 0) is 6.42 Å². The molecule has 1 aromatic heterocycles. The highest BCUT2D eigenvalue weighted by molar-refractivity contribution is 7.98. The van der Waals surface area contributed by atoms with Crippen LogP contribution < -0.4 is 5.56 Å². The zero-order chi connectivity index (χ0) is 13.1.